The minimum absolute atomic E-state index is 0.210. The first-order valence-corrected chi connectivity index (χ1v) is 11.5. The highest BCUT2D eigenvalue weighted by molar-refractivity contribution is 5.50. The molecule has 158 valence electrons. The van der Waals surface area contributed by atoms with Crippen LogP contribution in [0.2, 0.25) is 0 Å². The fourth-order valence-corrected chi connectivity index (χ4v) is 3.93. The van der Waals surface area contributed by atoms with Crippen LogP contribution in [0.25, 0.3) is 0 Å². The van der Waals surface area contributed by atoms with Crippen LogP contribution in [0.3, 0.4) is 0 Å². The van der Waals surface area contributed by atoms with Crippen LogP contribution in [0.4, 0.5) is 5.69 Å². The Kier molecular flexibility index (Phi) is 8.46. The van der Waals surface area contributed by atoms with E-state index in [-0.39, 0.29) is 5.41 Å². The first-order valence-electron chi connectivity index (χ1n) is 11.5. The zero-order valence-corrected chi connectivity index (χ0v) is 19.4. The normalized spacial score (nSPS) is 15.6. The Labute approximate surface area is 175 Å². The van der Waals surface area contributed by atoms with Gasteiger partial charge in [-0.2, -0.15) is 0 Å². The average molecular weight is 385 g/mol. The molecule has 0 bridgehead atoms. The van der Waals surface area contributed by atoms with Crippen LogP contribution in [0.5, 0.6) is 0 Å². The molecule has 1 heterocycles. The second-order valence-electron chi connectivity index (χ2n) is 9.96. The Morgan fingerprint density at radius 2 is 1.68 bits per heavy atom. The maximum absolute atomic E-state index is 4.38. The van der Waals surface area contributed by atoms with Crippen molar-refractivity contribution >= 4 is 5.69 Å². The third-order valence-electron chi connectivity index (χ3n) is 6.87. The molecule has 1 aromatic rings. The second-order valence-corrected chi connectivity index (χ2v) is 9.96. The van der Waals surface area contributed by atoms with Crippen molar-refractivity contribution in [2.75, 3.05) is 31.1 Å². The van der Waals surface area contributed by atoms with Crippen molar-refractivity contribution in [2.45, 2.75) is 79.1 Å². The van der Waals surface area contributed by atoms with Crippen LogP contribution in [-0.2, 0) is 5.41 Å². The predicted octanol–water partition coefficient (Wildman–Crippen LogP) is 6.86. The lowest BCUT2D eigenvalue weighted by Crippen LogP contribution is -2.45. The molecule has 0 aliphatic carbocycles. The molecule has 2 nitrogen and oxygen atoms in total. The molecule has 2 rings (SSSR count). The number of rotatable bonds is 10. The summed E-state index contributed by atoms with van der Waals surface area (Å²) >= 11 is 0. The Morgan fingerprint density at radius 1 is 1.00 bits per heavy atom. The quantitative estimate of drug-likeness (QED) is 0.406. The van der Waals surface area contributed by atoms with E-state index in [0.29, 0.717) is 5.92 Å². The van der Waals surface area contributed by atoms with Crippen molar-refractivity contribution in [1.29, 1.82) is 0 Å². The van der Waals surface area contributed by atoms with Gasteiger partial charge in [-0.05, 0) is 47.8 Å². The van der Waals surface area contributed by atoms with E-state index in [1.807, 2.05) is 0 Å². The zero-order valence-electron chi connectivity index (χ0n) is 19.4. The summed E-state index contributed by atoms with van der Waals surface area (Å²) in [5.74, 6) is 1.46. The average Bonchev–Trinajstić information content (AvgIpc) is 2.67. The van der Waals surface area contributed by atoms with Gasteiger partial charge in [-0.15, -0.1) is 0 Å². The number of benzene rings is 1. The lowest BCUT2D eigenvalue weighted by molar-refractivity contribution is 0.309. The minimum Gasteiger partial charge on any atom is -0.372 e. The van der Waals surface area contributed by atoms with Crippen molar-refractivity contribution in [3.05, 3.63) is 42.1 Å². The third-order valence-corrected chi connectivity index (χ3v) is 6.87. The van der Waals surface area contributed by atoms with E-state index < -0.39 is 0 Å². The molecule has 0 N–H and O–H groups in total. The molecule has 1 aliphatic heterocycles. The molecule has 0 saturated carbocycles. The first kappa shape index (κ1) is 22.8. The van der Waals surface area contributed by atoms with E-state index >= 15 is 0 Å². The van der Waals surface area contributed by atoms with Crippen molar-refractivity contribution in [1.82, 2.24) is 4.90 Å². The summed E-state index contributed by atoms with van der Waals surface area (Å²) in [6.07, 6.45) is 6.52. The molecular weight excluding hydrogens is 340 g/mol. The maximum atomic E-state index is 4.38. The zero-order chi connectivity index (χ0) is 20.7. The number of hydrogen-bond donors (Lipinski definition) is 0. The Hall–Kier alpha value is -1.44. The van der Waals surface area contributed by atoms with Gasteiger partial charge in [0.05, 0.1) is 0 Å². The van der Waals surface area contributed by atoms with Gasteiger partial charge in [-0.1, -0.05) is 79.5 Å². The number of piperazine rings is 1. The van der Waals surface area contributed by atoms with Gasteiger partial charge in [0.1, 0.15) is 0 Å². The molecule has 1 aliphatic rings. The van der Waals surface area contributed by atoms with Crippen LogP contribution in [0.15, 0.2) is 36.5 Å². The summed E-state index contributed by atoms with van der Waals surface area (Å²) in [6, 6.07) is 9.22. The second kappa shape index (κ2) is 10.4. The van der Waals surface area contributed by atoms with Gasteiger partial charge in [-0.25, -0.2) is 0 Å². The highest BCUT2D eigenvalue weighted by Crippen LogP contribution is 2.33. The Morgan fingerprint density at radius 3 is 2.29 bits per heavy atom. The van der Waals surface area contributed by atoms with Crippen molar-refractivity contribution in [2.24, 2.45) is 11.8 Å². The fraction of sp³-hybridized carbons (Fsp3) is 0.692. The van der Waals surface area contributed by atoms with E-state index in [4.69, 9.17) is 0 Å². The van der Waals surface area contributed by atoms with Gasteiger partial charge in [0.25, 0.3) is 0 Å². The molecule has 28 heavy (non-hydrogen) atoms. The van der Waals surface area contributed by atoms with Crippen molar-refractivity contribution in [3.8, 4) is 0 Å². The first-order chi connectivity index (χ1) is 13.2. The molecule has 0 radical (unpaired) electrons. The topological polar surface area (TPSA) is 6.48 Å². The van der Waals surface area contributed by atoms with Crippen LogP contribution < -0.4 is 4.90 Å². The molecular formula is C26H44N2. The lowest BCUT2D eigenvalue weighted by Gasteiger charge is -2.39. The molecule has 0 amide bonds. The fourth-order valence-electron chi connectivity index (χ4n) is 3.93. The molecule has 1 aromatic carbocycles. The molecule has 0 atom stereocenters. The smallest absolute Gasteiger partial charge is 0.0370 e. The molecule has 1 fully saturated rings. The summed E-state index contributed by atoms with van der Waals surface area (Å²) in [6.45, 7) is 22.8. The maximum Gasteiger partial charge on any atom is 0.0370 e. The number of allylic oxidation sites excluding steroid dienone is 1. The van der Waals surface area contributed by atoms with Crippen molar-refractivity contribution < 1.29 is 0 Å². The van der Waals surface area contributed by atoms with Crippen LogP contribution in [-0.4, -0.2) is 31.1 Å². The van der Waals surface area contributed by atoms with E-state index in [9.17, 15) is 0 Å². The van der Waals surface area contributed by atoms with E-state index in [2.05, 4.69) is 82.2 Å². The lowest BCUT2D eigenvalue weighted by atomic mass is 9.75. The van der Waals surface area contributed by atoms with Crippen LogP contribution in [0.1, 0.15) is 79.2 Å². The third kappa shape index (κ3) is 6.29. The number of nitrogens with zero attached hydrogens (tertiary/aromatic N) is 2. The molecule has 1 saturated heterocycles. The van der Waals surface area contributed by atoms with E-state index in [1.165, 1.54) is 42.6 Å². The molecule has 0 aromatic heterocycles. The summed E-state index contributed by atoms with van der Waals surface area (Å²) in [5.41, 5.74) is 4.39. The molecule has 0 unspecified atom stereocenters. The van der Waals surface area contributed by atoms with Crippen LogP contribution >= 0.6 is 0 Å². The van der Waals surface area contributed by atoms with E-state index in [1.54, 1.807) is 0 Å². The van der Waals surface area contributed by atoms with Gasteiger partial charge < -0.3 is 9.80 Å². The summed E-state index contributed by atoms with van der Waals surface area (Å²) in [4.78, 5) is 5.06. The highest BCUT2D eigenvalue weighted by Gasteiger charge is 2.26. The number of anilines is 1. The standard InChI is InChI=1S/C26H44N2/c1-21(2)12-9-8-10-13-23(5)27-16-18-28(19-17-27)25-15-11-14-24(20-25)26(6,7)22(3)4/h11,14-15,20-22H,5,8-10,12-13,16-19H2,1-4,6-7H3. The van der Waals surface area contributed by atoms with Gasteiger partial charge in [0.15, 0.2) is 0 Å². The minimum atomic E-state index is 0.210. The van der Waals surface area contributed by atoms with E-state index in [0.717, 1.165) is 38.5 Å². The number of unbranched alkanes of at least 4 members (excludes halogenated alkanes) is 2. The van der Waals surface area contributed by atoms with Gasteiger partial charge in [0, 0.05) is 37.6 Å². The van der Waals surface area contributed by atoms with Crippen molar-refractivity contribution in [3.63, 3.8) is 0 Å². The molecule has 2 heteroatoms. The van der Waals surface area contributed by atoms with Gasteiger partial charge in [-0.3, -0.25) is 0 Å². The molecule has 0 spiro atoms. The SMILES string of the molecule is C=C(CCCCCC(C)C)N1CCN(c2cccc(C(C)(C)C(C)C)c2)CC1. The monoisotopic (exact) mass is 384 g/mol. The Bertz CT molecular complexity index is 607. The van der Waals surface area contributed by atoms with Crippen LogP contribution in [0, 0.1) is 11.8 Å². The number of hydrogen-bond acceptors (Lipinski definition) is 2. The summed E-state index contributed by atoms with van der Waals surface area (Å²) in [7, 11) is 0. The van der Waals surface area contributed by atoms with Gasteiger partial charge in [0.2, 0.25) is 0 Å². The summed E-state index contributed by atoms with van der Waals surface area (Å²) in [5, 5.41) is 0. The Balaban J connectivity index is 1.83. The largest absolute Gasteiger partial charge is 0.372 e. The highest BCUT2D eigenvalue weighted by atomic mass is 15.3. The summed E-state index contributed by atoms with van der Waals surface area (Å²) < 4.78 is 0. The predicted molar refractivity (Wildman–Crippen MR) is 125 cm³/mol. The van der Waals surface area contributed by atoms with Gasteiger partial charge >= 0.3 is 0 Å².